The molecule has 22 heavy (non-hydrogen) atoms. The van der Waals surface area contributed by atoms with Gasteiger partial charge in [0.25, 0.3) is 0 Å². The lowest BCUT2D eigenvalue weighted by Crippen LogP contribution is -2.39. The molecule has 0 atom stereocenters. The van der Waals surface area contributed by atoms with Crippen molar-refractivity contribution >= 4 is 32.4 Å². The molecule has 1 amide bonds. The molecular weight excluding hydrogens is 322 g/mol. The van der Waals surface area contributed by atoms with E-state index in [9.17, 15) is 13.2 Å². The molecule has 0 aromatic carbocycles. The zero-order valence-corrected chi connectivity index (χ0v) is 14.5. The zero-order chi connectivity index (χ0) is 16.3. The van der Waals surface area contributed by atoms with Crippen LogP contribution in [0.3, 0.4) is 0 Å². The van der Waals surface area contributed by atoms with Crippen molar-refractivity contribution in [2.24, 2.45) is 0 Å². The van der Waals surface area contributed by atoms with Gasteiger partial charge in [0.15, 0.2) is 5.13 Å². The second-order valence-electron chi connectivity index (χ2n) is 5.44. The first-order chi connectivity index (χ1) is 10.3. The first kappa shape index (κ1) is 17.1. The highest BCUT2D eigenvalue weighted by Crippen LogP contribution is 2.30. The van der Waals surface area contributed by atoms with Crippen molar-refractivity contribution < 1.29 is 13.2 Å². The molecular formula is C14H21N3O3S2. The van der Waals surface area contributed by atoms with Crippen molar-refractivity contribution in [1.82, 2.24) is 9.29 Å². The third kappa shape index (κ3) is 3.74. The fraction of sp³-hybridized carbons (Fsp3) is 0.571. The number of nitrogens with one attached hydrogen (secondary N) is 1. The second-order valence-corrected chi connectivity index (χ2v) is 9.01. The number of anilines is 1. The van der Waals surface area contributed by atoms with Crippen LogP contribution in [0, 0.1) is 0 Å². The average Bonchev–Trinajstić information content (AvgIpc) is 2.85. The molecule has 0 saturated carbocycles. The van der Waals surface area contributed by atoms with E-state index in [0.29, 0.717) is 37.5 Å². The van der Waals surface area contributed by atoms with Crippen LogP contribution in [-0.4, -0.2) is 35.4 Å². The molecule has 0 bridgehead atoms. The molecule has 1 aromatic rings. The van der Waals surface area contributed by atoms with E-state index in [1.807, 2.05) is 0 Å². The van der Waals surface area contributed by atoms with Gasteiger partial charge in [-0.25, -0.2) is 13.4 Å². The maximum Gasteiger partial charge on any atom is 0.226 e. The summed E-state index contributed by atoms with van der Waals surface area (Å²) in [6, 6.07) is 0. The number of rotatable bonds is 6. The third-order valence-electron chi connectivity index (χ3n) is 3.47. The number of amides is 1. The lowest BCUT2D eigenvalue weighted by atomic mass is 10.2. The molecule has 1 aliphatic heterocycles. The average molecular weight is 343 g/mol. The van der Waals surface area contributed by atoms with Crippen molar-refractivity contribution in [2.45, 2.75) is 44.9 Å². The van der Waals surface area contributed by atoms with E-state index in [1.54, 1.807) is 19.9 Å². The Bertz CT molecular complexity index is 665. The number of carbonyl (C=O) groups is 1. The Balaban J connectivity index is 2.08. The van der Waals surface area contributed by atoms with Gasteiger partial charge in [0, 0.05) is 30.8 Å². The van der Waals surface area contributed by atoms with E-state index in [2.05, 4.69) is 16.9 Å². The van der Waals surface area contributed by atoms with Crippen LogP contribution >= 0.6 is 11.3 Å². The molecule has 6 nitrogen and oxygen atoms in total. The molecule has 1 N–H and O–H groups in total. The SMILES string of the molecule is C=CCCC(=O)Nc1nc2c(s1)CN(S(=O)(=O)C(C)C)CC2. The molecule has 1 aliphatic rings. The van der Waals surface area contributed by atoms with Crippen LogP contribution in [0.25, 0.3) is 0 Å². The van der Waals surface area contributed by atoms with Crippen LogP contribution in [0.5, 0.6) is 0 Å². The smallest absolute Gasteiger partial charge is 0.226 e. The van der Waals surface area contributed by atoms with Gasteiger partial charge in [0.05, 0.1) is 10.9 Å². The van der Waals surface area contributed by atoms with Gasteiger partial charge in [-0.15, -0.1) is 17.9 Å². The number of carbonyl (C=O) groups excluding carboxylic acids is 1. The summed E-state index contributed by atoms with van der Waals surface area (Å²) in [4.78, 5) is 17.0. The first-order valence-corrected chi connectivity index (χ1v) is 9.55. The highest BCUT2D eigenvalue weighted by atomic mass is 32.2. The third-order valence-corrected chi connectivity index (χ3v) is 6.69. The molecule has 0 aliphatic carbocycles. The topological polar surface area (TPSA) is 79.4 Å². The van der Waals surface area contributed by atoms with Gasteiger partial charge in [-0.2, -0.15) is 4.31 Å². The number of aromatic nitrogens is 1. The van der Waals surface area contributed by atoms with Gasteiger partial charge in [0.2, 0.25) is 15.9 Å². The Labute approximate surface area is 135 Å². The monoisotopic (exact) mass is 343 g/mol. The maximum atomic E-state index is 12.2. The molecule has 122 valence electrons. The van der Waals surface area contributed by atoms with Gasteiger partial charge < -0.3 is 5.32 Å². The van der Waals surface area contributed by atoms with Gasteiger partial charge in [-0.3, -0.25) is 4.79 Å². The standard InChI is InChI=1S/C14H21N3O3S2/c1-4-5-6-13(18)16-14-15-11-7-8-17(9-12(11)21-14)22(19,20)10(2)3/h4,10H,1,5-9H2,2-3H3,(H,15,16,18). The minimum Gasteiger partial charge on any atom is -0.302 e. The molecule has 8 heteroatoms. The van der Waals surface area contributed by atoms with Crippen LogP contribution < -0.4 is 5.32 Å². The lowest BCUT2D eigenvalue weighted by Gasteiger charge is -2.26. The number of thiazole rings is 1. The Morgan fingerprint density at radius 1 is 1.55 bits per heavy atom. The molecule has 0 saturated heterocycles. The number of hydrogen-bond donors (Lipinski definition) is 1. The van der Waals surface area contributed by atoms with E-state index < -0.39 is 15.3 Å². The fourth-order valence-electron chi connectivity index (χ4n) is 2.16. The minimum absolute atomic E-state index is 0.0994. The van der Waals surface area contributed by atoms with Crippen LogP contribution in [0.1, 0.15) is 37.3 Å². The van der Waals surface area contributed by atoms with Crippen molar-refractivity contribution in [3.63, 3.8) is 0 Å². The molecule has 1 aromatic heterocycles. The molecule has 2 heterocycles. The minimum atomic E-state index is -3.25. The summed E-state index contributed by atoms with van der Waals surface area (Å²) in [5.74, 6) is -0.0994. The normalized spacial score (nSPS) is 15.6. The maximum absolute atomic E-state index is 12.2. The van der Waals surface area contributed by atoms with Crippen LogP contribution in [0.15, 0.2) is 12.7 Å². The molecule has 0 unspecified atom stereocenters. The summed E-state index contributed by atoms with van der Waals surface area (Å²) in [6.45, 7) is 7.74. The summed E-state index contributed by atoms with van der Waals surface area (Å²) >= 11 is 1.35. The second kappa shape index (κ2) is 6.89. The number of sulfonamides is 1. The number of fused-ring (bicyclic) bond motifs is 1. The molecule has 2 rings (SSSR count). The van der Waals surface area contributed by atoms with E-state index in [1.165, 1.54) is 15.6 Å². The predicted molar refractivity (Wildman–Crippen MR) is 88.3 cm³/mol. The van der Waals surface area contributed by atoms with Crippen LogP contribution in [0.4, 0.5) is 5.13 Å². The summed E-state index contributed by atoms with van der Waals surface area (Å²) in [6.07, 6.45) is 3.28. The van der Waals surface area contributed by atoms with Crippen LogP contribution in [-0.2, 0) is 27.8 Å². The first-order valence-electron chi connectivity index (χ1n) is 7.23. The van der Waals surface area contributed by atoms with Gasteiger partial charge in [-0.1, -0.05) is 6.08 Å². The predicted octanol–water partition coefficient (Wildman–Crippen LogP) is 2.14. The number of nitrogens with zero attached hydrogens (tertiary/aromatic N) is 2. The van der Waals surface area contributed by atoms with Crippen LogP contribution in [0.2, 0.25) is 0 Å². The molecule has 0 spiro atoms. The van der Waals surface area contributed by atoms with E-state index in [-0.39, 0.29) is 5.91 Å². The quantitative estimate of drug-likeness (QED) is 0.803. The molecule has 0 fully saturated rings. The fourth-order valence-corrected chi connectivity index (χ4v) is 4.53. The van der Waals surface area contributed by atoms with Crippen molar-refractivity contribution in [3.8, 4) is 0 Å². The highest BCUT2D eigenvalue weighted by molar-refractivity contribution is 7.89. The summed E-state index contributed by atoms with van der Waals surface area (Å²) in [5, 5.41) is 2.88. The Morgan fingerprint density at radius 2 is 2.27 bits per heavy atom. The van der Waals surface area contributed by atoms with E-state index >= 15 is 0 Å². The highest BCUT2D eigenvalue weighted by Gasteiger charge is 2.31. The Hall–Kier alpha value is -1.25. The van der Waals surface area contributed by atoms with E-state index in [4.69, 9.17) is 0 Å². The van der Waals surface area contributed by atoms with E-state index in [0.717, 1.165) is 10.6 Å². The summed E-state index contributed by atoms with van der Waals surface area (Å²) in [7, 11) is -3.25. The molecule has 0 radical (unpaired) electrons. The summed E-state index contributed by atoms with van der Waals surface area (Å²) in [5.41, 5.74) is 0.888. The van der Waals surface area contributed by atoms with Crippen molar-refractivity contribution in [3.05, 3.63) is 23.2 Å². The van der Waals surface area contributed by atoms with Crippen molar-refractivity contribution in [1.29, 1.82) is 0 Å². The largest absolute Gasteiger partial charge is 0.302 e. The lowest BCUT2D eigenvalue weighted by molar-refractivity contribution is -0.116. The Morgan fingerprint density at radius 3 is 2.91 bits per heavy atom. The van der Waals surface area contributed by atoms with Gasteiger partial charge in [-0.05, 0) is 20.3 Å². The van der Waals surface area contributed by atoms with Crippen molar-refractivity contribution in [2.75, 3.05) is 11.9 Å². The van der Waals surface area contributed by atoms with Gasteiger partial charge in [0.1, 0.15) is 0 Å². The van der Waals surface area contributed by atoms with Gasteiger partial charge >= 0.3 is 0 Å². The summed E-state index contributed by atoms with van der Waals surface area (Å²) < 4.78 is 26.0. The Kier molecular flexibility index (Phi) is 5.36. The zero-order valence-electron chi connectivity index (χ0n) is 12.8. The number of hydrogen-bond acceptors (Lipinski definition) is 5. The number of allylic oxidation sites excluding steroid dienone is 1.